The van der Waals surface area contributed by atoms with Crippen molar-refractivity contribution in [1.29, 1.82) is 0 Å². The molecule has 1 N–H and O–H groups in total. The summed E-state index contributed by atoms with van der Waals surface area (Å²) in [5, 5.41) is 2.31. The summed E-state index contributed by atoms with van der Waals surface area (Å²) < 4.78 is 15.4. The lowest BCUT2D eigenvalue weighted by Gasteiger charge is -1.91. The quantitative estimate of drug-likeness (QED) is 0.303. The van der Waals surface area contributed by atoms with Crippen molar-refractivity contribution in [3.8, 4) is 0 Å². The van der Waals surface area contributed by atoms with E-state index in [1.165, 1.54) is 7.11 Å². The number of nitrogens with one attached hydrogen (secondary N) is 1. The van der Waals surface area contributed by atoms with Crippen molar-refractivity contribution >= 4 is 0 Å². The summed E-state index contributed by atoms with van der Waals surface area (Å²) in [4.78, 5) is 0. The smallest absolute Gasteiger partial charge is 0.142 e. The van der Waals surface area contributed by atoms with Crippen LogP contribution in [0.25, 0.3) is 0 Å². The number of hydrogen-bond donors (Lipinski definition) is 1. The Hall–Kier alpha value is -0.150. The number of ether oxygens (including phenoxy) is 1. The van der Waals surface area contributed by atoms with E-state index >= 15 is 0 Å². The van der Waals surface area contributed by atoms with Gasteiger partial charge in [-0.1, -0.05) is 0 Å². The number of hydrogen-bond acceptors (Lipinski definition) is 2. The third kappa shape index (κ3) is 3.85. The molecule has 3 heteroatoms. The predicted octanol–water partition coefficient (Wildman–Crippen LogP) is 0.107. The summed E-state index contributed by atoms with van der Waals surface area (Å²) in [6.45, 7) is -0.232. The minimum Gasteiger partial charge on any atom is -0.369 e. The van der Waals surface area contributed by atoms with Crippen LogP contribution in [0.3, 0.4) is 0 Å². The first-order valence-corrected chi connectivity index (χ1v) is 1.67. The van der Waals surface area contributed by atoms with Gasteiger partial charge in [0.2, 0.25) is 0 Å². The van der Waals surface area contributed by atoms with Crippen LogP contribution in [-0.4, -0.2) is 20.6 Å². The molecule has 0 bridgehead atoms. The standard InChI is InChI=1S/C3H8FNO/c1-6-3-5-2-4/h5H,2-3H2,1H3. The molecule has 0 heterocycles. The van der Waals surface area contributed by atoms with E-state index in [0.29, 0.717) is 0 Å². The largest absolute Gasteiger partial charge is 0.369 e. The average molecular weight is 93.1 g/mol. The second-order valence-electron chi connectivity index (χ2n) is 0.817. The van der Waals surface area contributed by atoms with E-state index < -0.39 is 6.80 Å². The Balaban J connectivity index is 2.34. The van der Waals surface area contributed by atoms with Crippen LogP contribution in [0.1, 0.15) is 0 Å². The van der Waals surface area contributed by atoms with Crippen molar-refractivity contribution < 1.29 is 9.13 Å². The van der Waals surface area contributed by atoms with E-state index in [9.17, 15) is 4.39 Å². The lowest BCUT2D eigenvalue weighted by molar-refractivity contribution is 0.162. The molecular weight excluding hydrogens is 85.0 g/mol. The van der Waals surface area contributed by atoms with Crippen LogP contribution < -0.4 is 5.32 Å². The van der Waals surface area contributed by atoms with Gasteiger partial charge in [-0.3, -0.25) is 5.32 Å². The van der Waals surface area contributed by atoms with Gasteiger partial charge >= 0.3 is 0 Å². The first kappa shape index (κ1) is 5.85. The number of halogens is 1. The Bertz CT molecular complexity index is 22.8. The number of alkyl halides is 1. The van der Waals surface area contributed by atoms with Crippen molar-refractivity contribution in [2.24, 2.45) is 0 Å². The molecule has 0 aliphatic rings. The van der Waals surface area contributed by atoms with Gasteiger partial charge in [-0.15, -0.1) is 0 Å². The van der Waals surface area contributed by atoms with Crippen molar-refractivity contribution in [3.05, 3.63) is 0 Å². The monoisotopic (exact) mass is 93.1 g/mol. The zero-order valence-electron chi connectivity index (χ0n) is 3.70. The molecule has 0 aliphatic carbocycles. The maximum absolute atomic E-state index is 11.0. The van der Waals surface area contributed by atoms with Gasteiger partial charge in [0.15, 0.2) is 0 Å². The van der Waals surface area contributed by atoms with Crippen LogP contribution in [-0.2, 0) is 4.74 Å². The molecule has 0 saturated heterocycles. The SMILES string of the molecule is COCNCF. The van der Waals surface area contributed by atoms with Crippen LogP contribution >= 0.6 is 0 Å². The predicted molar refractivity (Wildman–Crippen MR) is 21.0 cm³/mol. The third-order valence-electron chi connectivity index (χ3n) is 0.341. The number of methoxy groups -OCH3 is 1. The second-order valence-corrected chi connectivity index (χ2v) is 0.817. The van der Waals surface area contributed by atoms with Crippen molar-refractivity contribution in [2.45, 2.75) is 0 Å². The molecule has 6 heavy (non-hydrogen) atoms. The Morgan fingerprint density at radius 2 is 2.50 bits per heavy atom. The van der Waals surface area contributed by atoms with E-state index in [-0.39, 0.29) is 6.73 Å². The van der Waals surface area contributed by atoms with Crippen molar-refractivity contribution in [1.82, 2.24) is 5.32 Å². The lowest BCUT2D eigenvalue weighted by atomic mass is 11.1. The van der Waals surface area contributed by atoms with Crippen LogP contribution in [0.2, 0.25) is 0 Å². The molecule has 0 spiro atoms. The molecule has 0 saturated carbocycles. The normalized spacial score (nSPS) is 9.00. The van der Waals surface area contributed by atoms with Crippen LogP contribution in [0.4, 0.5) is 4.39 Å². The third-order valence-corrected chi connectivity index (χ3v) is 0.341. The topological polar surface area (TPSA) is 21.3 Å². The van der Waals surface area contributed by atoms with Crippen LogP contribution in [0.15, 0.2) is 0 Å². The lowest BCUT2D eigenvalue weighted by Crippen LogP contribution is -2.13. The molecule has 0 aromatic heterocycles. The fourth-order valence-corrected chi connectivity index (χ4v) is 0.141. The molecule has 0 unspecified atom stereocenters. The molecule has 0 fully saturated rings. The van der Waals surface area contributed by atoms with Crippen molar-refractivity contribution in [3.63, 3.8) is 0 Å². The zero-order valence-corrected chi connectivity index (χ0v) is 3.70. The highest BCUT2D eigenvalue weighted by Crippen LogP contribution is 1.58. The number of rotatable bonds is 3. The first-order valence-electron chi connectivity index (χ1n) is 1.67. The Morgan fingerprint density at radius 1 is 1.83 bits per heavy atom. The summed E-state index contributed by atoms with van der Waals surface area (Å²) >= 11 is 0. The van der Waals surface area contributed by atoms with Gasteiger partial charge in [0, 0.05) is 7.11 Å². The van der Waals surface area contributed by atoms with Gasteiger partial charge in [0.05, 0.1) is 6.73 Å². The highest BCUT2D eigenvalue weighted by atomic mass is 19.1. The molecule has 0 aliphatic heterocycles. The highest BCUT2D eigenvalue weighted by molar-refractivity contribution is 4.15. The summed E-state index contributed by atoms with van der Waals surface area (Å²) in [5.41, 5.74) is 0. The van der Waals surface area contributed by atoms with E-state index in [2.05, 4.69) is 10.1 Å². The van der Waals surface area contributed by atoms with E-state index in [1.807, 2.05) is 0 Å². The Labute approximate surface area is 36.3 Å². The molecule has 38 valence electrons. The van der Waals surface area contributed by atoms with Crippen LogP contribution in [0.5, 0.6) is 0 Å². The van der Waals surface area contributed by atoms with E-state index in [0.717, 1.165) is 0 Å². The summed E-state index contributed by atoms with van der Waals surface area (Å²) in [7, 11) is 1.50. The molecule has 0 rings (SSSR count). The zero-order chi connectivity index (χ0) is 4.83. The van der Waals surface area contributed by atoms with Crippen molar-refractivity contribution in [2.75, 3.05) is 20.6 Å². The maximum Gasteiger partial charge on any atom is 0.142 e. The molecule has 2 nitrogen and oxygen atoms in total. The fourth-order valence-electron chi connectivity index (χ4n) is 0.141. The Kier molecular flexibility index (Phi) is 4.73. The fraction of sp³-hybridized carbons (Fsp3) is 1.00. The van der Waals surface area contributed by atoms with Crippen LogP contribution in [0, 0.1) is 0 Å². The second kappa shape index (κ2) is 4.85. The molecule has 0 aromatic rings. The minimum absolute atomic E-state index is 0.288. The highest BCUT2D eigenvalue weighted by Gasteiger charge is 1.72. The van der Waals surface area contributed by atoms with Gasteiger partial charge in [-0.2, -0.15) is 0 Å². The molecule has 0 radical (unpaired) electrons. The van der Waals surface area contributed by atoms with Gasteiger partial charge in [-0.05, 0) is 0 Å². The molecular formula is C3H8FNO. The summed E-state index contributed by atoms with van der Waals surface area (Å²) in [5.74, 6) is 0. The van der Waals surface area contributed by atoms with Gasteiger partial charge < -0.3 is 4.74 Å². The first-order chi connectivity index (χ1) is 2.91. The van der Waals surface area contributed by atoms with E-state index in [1.54, 1.807) is 0 Å². The minimum atomic E-state index is -0.520. The summed E-state index contributed by atoms with van der Waals surface area (Å²) in [6, 6.07) is 0. The van der Waals surface area contributed by atoms with Gasteiger partial charge in [0.1, 0.15) is 6.80 Å². The van der Waals surface area contributed by atoms with E-state index in [4.69, 9.17) is 0 Å². The van der Waals surface area contributed by atoms with Gasteiger partial charge in [-0.25, -0.2) is 4.39 Å². The summed E-state index contributed by atoms with van der Waals surface area (Å²) in [6.07, 6.45) is 0. The average Bonchev–Trinajstić information content (AvgIpc) is 1.61. The molecule has 0 amide bonds. The molecule has 0 atom stereocenters. The Morgan fingerprint density at radius 3 is 2.67 bits per heavy atom. The maximum atomic E-state index is 11.0. The molecule has 0 aromatic carbocycles. The van der Waals surface area contributed by atoms with Gasteiger partial charge in [0.25, 0.3) is 0 Å².